The predicted octanol–water partition coefficient (Wildman–Crippen LogP) is 3.87. The summed E-state index contributed by atoms with van der Waals surface area (Å²) in [6, 6.07) is 7.62. The molecule has 1 aliphatic rings. The van der Waals surface area contributed by atoms with Gasteiger partial charge in [0.25, 0.3) is 0 Å². The average Bonchev–Trinajstić information content (AvgIpc) is 3.13. The molecule has 0 atom stereocenters. The molecule has 27 heavy (non-hydrogen) atoms. The molecule has 1 amide bonds. The number of amides is 1. The first-order valence-corrected chi connectivity index (χ1v) is 10.3. The van der Waals surface area contributed by atoms with Gasteiger partial charge in [-0.3, -0.25) is 9.69 Å². The zero-order valence-electron chi connectivity index (χ0n) is 16.0. The lowest BCUT2D eigenvalue weighted by Crippen LogP contribution is -2.34. The molecule has 0 spiro atoms. The van der Waals surface area contributed by atoms with Gasteiger partial charge in [-0.25, -0.2) is 4.98 Å². The van der Waals surface area contributed by atoms with Crippen LogP contribution in [0.1, 0.15) is 44.0 Å². The summed E-state index contributed by atoms with van der Waals surface area (Å²) in [5, 5.41) is 3.70. The van der Waals surface area contributed by atoms with Crippen LogP contribution in [0.2, 0.25) is 5.02 Å². The summed E-state index contributed by atoms with van der Waals surface area (Å²) in [5.41, 5.74) is 1.04. The van der Waals surface area contributed by atoms with Crippen LogP contribution in [0.5, 0.6) is 0 Å². The molecular weight excluding hydrogens is 360 g/mol. The fourth-order valence-corrected chi connectivity index (χ4v) is 3.90. The number of aryl methyl sites for hydroxylation is 1. The molecular formula is C21H29ClN4O. The number of nitrogens with one attached hydrogen (secondary N) is 1. The smallest absolute Gasteiger partial charge is 0.220 e. The lowest BCUT2D eigenvalue weighted by Gasteiger charge is -2.31. The van der Waals surface area contributed by atoms with Gasteiger partial charge in [-0.2, -0.15) is 0 Å². The van der Waals surface area contributed by atoms with E-state index in [1.54, 1.807) is 0 Å². The number of halogens is 1. The van der Waals surface area contributed by atoms with Crippen molar-refractivity contribution < 1.29 is 4.79 Å². The highest BCUT2D eigenvalue weighted by molar-refractivity contribution is 6.30. The van der Waals surface area contributed by atoms with Gasteiger partial charge in [-0.05, 0) is 62.9 Å². The Morgan fingerprint density at radius 2 is 2.15 bits per heavy atom. The summed E-state index contributed by atoms with van der Waals surface area (Å²) in [7, 11) is 0. The van der Waals surface area contributed by atoms with Gasteiger partial charge in [0, 0.05) is 36.9 Å². The Hall–Kier alpha value is -1.85. The lowest BCUT2D eigenvalue weighted by molar-refractivity contribution is -0.121. The molecule has 1 fully saturated rings. The van der Waals surface area contributed by atoms with E-state index >= 15 is 0 Å². The summed E-state index contributed by atoms with van der Waals surface area (Å²) in [6.07, 6.45) is 7.82. The molecule has 1 aromatic heterocycles. The number of carbonyl (C=O) groups excluding carboxylic acids is 1. The SMILES string of the molecule is CCn1ccnc1CN1CCC(CCC(=O)NCc2cccc(Cl)c2)CC1. The van der Waals surface area contributed by atoms with E-state index in [1.165, 1.54) is 0 Å². The summed E-state index contributed by atoms with van der Waals surface area (Å²) >= 11 is 5.97. The molecule has 1 N–H and O–H groups in total. The van der Waals surface area contributed by atoms with Crippen molar-refractivity contribution in [2.75, 3.05) is 13.1 Å². The maximum Gasteiger partial charge on any atom is 0.220 e. The van der Waals surface area contributed by atoms with Crippen molar-refractivity contribution in [3.05, 3.63) is 53.1 Å². The van der Waals surface area contributed by atoms with E-state index in [9.17, 15) is 4.79 Å². The second-order valence-corrected chi connectivity index (χ2v) is 7.73. The minimum Gasteiger partial charge on any atom is -0.352 e. The van der Waals surface area contributed by atoms with Crippen molar-refractivity contribution in [2.45, 2.75) is 52.2 Å². The Labute approximate surface area is 166 Å². The standard InChI is InChI=1S/C21H29ClN4O/c1-2-26-13-10-23-20(26)16-25-11-8-17(9-12-25)6-7-21(27)24-15-18-4-3-5-19(22)14-18/h3-5,10,13-14,17H,2,6-9,11-12,15-16H2,1H3,(H,24,27). The Balaban J connectivity index is 1.34. The van der Waals surface area contributed by atoms with Gasteiger partial charge in [0.05, 0.1) is 6.54 Å². The van der Waals surface area contributed by atoms with Crippen LogP contribution in [-0.4, -0.2) is 33.4 Å². The molecule has 1 aromatic carbocycles. The molecule has 6 heteroatoms. The highest BCUT2D eigenvalue weighted by atomic mass is 35.5. The molecule has 0 unspecified atom stereocenters. The van der Waals surface area contributed by atoms with Gasteiger partial charge >= 0.3 is 0 Å². The van der Waals surface area contributed by atoms with Crippen LogP contribution in [0.15, 0.2) is 36.7 Å². The second kappa shape index (κ2) is 9.90. The number of benzene rings is 1. The van der Waals surface area contributed by atoms with Crippen molar-refractivity contribution >= 4 is 17.5 Å². The first-order valence-electron chi connectivity index (χ1n) is 9.87. The van der Waals surface area contributed by atoms with Gasteiger partial charge in [0.2, 0.25) is 5.91 Å². The van der Waals surface area contributed by atoms with Crippen molar-refractivity contribution in [3.8, 4) is 0 Å². The molecule has 0 saturated carbocycles. The number of nitrogens with zero attached hydrogens (tertiary/aromatic N) is 3. The number of hydrogen-bond donors (Lipinski definition) is 1. The Kier molecular flexibility index (Phi) is 7.30. The van der Waals surface area contributed by atoms with Crippen LogP contribution in [0.3, 0.4) is 0 Å². The van der Waals surface area contributed by atoms with E-state index in [2.05, 4.69) is 26.7 Å². The molecule has 1 saturated heterocycles. The first-order chi connectivity index (χ1) is 13.1. The Bertz CT molecular complexity index is 737. The zero-order valence-corrected chi connectivity index (χ0v) is 16.8. The zero-order chi connectivity index (χ0) is 19.1. The van der Waals surface area contributed by atoms with E-state index in [0.717, 1.165) is 56.8 Å². The van der Waals surface area contributed by atoms with Gasteiger partial charge in [-0.15, -0.1) is 0 Å². The van der Waals surface area contributed by atoms with E-state index in [1.807, 2.05) is 36.7 Å². The van der Waals surface area contributed by atoms with Gasteiger partial charge in [0.15, 0.2) is 0 Å². The maximum atomic E-state index is 12.1. The number of piperidine rings is 1. The molecule has 3 rings (SSSR count). The number of likely N-dealkylation sites (tertiary alicyclic amines) is 1. The molecule has 5 nitrogen and oxygen atoms in total. The van der Waals surface area contributed by atoms with Gasteiger partial charge in [0.1, 0.15) is 5.82 Å². The number of rotatable bonds is 8. The van der Waals surface area contributed by atoms with Crippen LogP contribution in [0.4, 0.5) is 0 Å². The predicted molar refractivity (Wildman–Crippen MR) is 108 cm³/mol. The molecule has 1 aliphatic heterocycles. The van der Waals surface area contributed by atoms with Crippen LogP contribution in [0.25, 0.3) is 0 Å². The third-order valence-corrected chi connectivity index (χ3v) is 5.61. The maximum absolute atomic E-state index is 12.1. The largest absolute Gasteiger partial charge is 0.352 e. The summed E-state index contributed by atoms with van der Waals surface area (Å²) in [6.45, 7) is 6.76. The number of imidazole rings is 1. The minimum atomic E-state index is 0.127. The number of aromatic nitrogens is 2. The van der Waals surface area contributed by atoms with E-state index in [4.69, 9.17) is 11.6 Å². The second-order valence-electron chi connectivity index (χ2n) is 7.29. The monoisotopic (exact) mass is 388 g/mol. The van der Waals surface area contributed by atoms with Crippen molar-refractivity contribution in [1.29, 1.82) is 0 Å². The average molecular weight is 389 g/mol. The molecule has 2 heterocycles. The van der Waals surface area contributed by atoms with E-state index in [-0.39, 0.29) is 5.91 Å². The highest BCUT2D eigenvalue weighted by Gasteiger charge is 2.21. The molecule has 2 aromatic rings. The van der Waals surface area contributed by atoms with Crippen LogP contribution < -0.4 is 5.32 Å². The summed E-state index contributed by atoms with van der Waals surface area (Å²) in [5.74, 6) is 1.92. The summed E-state index contributed by atoms with van der Waals surface area (Å²) < 4.78 is 2.20. The fourth-order valence-electron chi connectivity index (χ4n) is 3.68. The Morgan fingerprint density at radius 3 is 2.89 bits per heavy atom. The number of hydrogen-bond acceptors (Lipinski definition) is 3. The quantitative estimate of drug-likeness (QED) is 0.746. The summed E-state index contributed by atoms with van der Waals surface area (Å²) in [4.78, 5) is 19.1. The van der Waals surface area contributed by atoms with Crippen molar-refractivity contribution in [3.63, 3.8) is 0 Å². The third kappa shape index (κ3) is 6.08. The highest BCUT2D eigenvalue weighted by Crippen LogP contribution is 2.23. The molecule has 146 valence electrons. The van der Waals surface area contributed by atoms with Crippen molar-refractivity contribution in [2.24, 2.45) is 5.92 Å². The fraction of sp³-hybridized carbons (Fsp3) is 0.524. The third-order valence-electron chi connectivity index (χ3n) is 5.37. The van der Waals surface area contributed by atoms with Crippen LogP contribution in [-0.2, 0) is 24.4 Å². The molecule has 0 aliphatic carbocycles. The lowest BCUT2D eigenvalue weighted by atomic mass is 9.92. The van der Waals surface area contributed by atoms with Crippen molar-refractivity contribution in [1.82, 2.24) is 19.8 Å². The normalized spacial score (nSPS) is 15.8. The van der Waals surface area contributed by atoms with E-state index < -0.39 is 0 Å². The first kappa shape index (κ1) is 19.9. The van der Waals surface area contributed by atoms with E-state index in [0.29, 0.717) is 23.9 Å². The molecule has 0 bridgehead atoms. The minimum absolute atomic E-state index is 0.127. The Morgan fingerprint density at radius 1 is 1.33 bits per heavy atom. The number of carbonyl (C=O) groups is 1. The molecule has 0 radical (unpaired) electrons. The topological polar surface area (TPSA) is 50.2 Å². The van der Waals surface area contributed by atoms with Crippen LogP contribution in [0, 0.1) is 5.92 Å². The van der Waals surface area contributed by atoms with Crippen LogP contribution >= 0.6 is 11.6 Å². The van der Waals surface area contributed by atoms with Gasteiger partial charge in [-0.1, -0.05) is 23.7 Å². The van der Waals surface area contributed by atoms with Gasteiger partial charge < -0.3 is 9.88 Å².